The van der Waals surface area contributed by atoms with Gasteiger partial charge in [-0.05, 0) is 84.2 Å². The molecule has 0 unspecified atom stereocenters. The Hall–Kier alpha value is -5.90. The molecule has 5 heterocycles. The highest BCUT2D eigenvalue weighted by Crippen LogP contribution is 2.41. The van der Waals surface area contributed by atoms with E-state index in [4.69, 9.17) is 9.47 Å². The highest BCUT2D eigenvalue weighted by Gasteiger charge is 2.48. The minimum absolute atomic E-state index is 0.00102. The van der Waals surface area contributed by atoms with Gasteiger partial charge in [-0.15, -0.1) is 0 Å². The van der Waals surface area contributed by atoms with Crippen molar-refractivity contribution in [2.75, 3.05) is 40.4 Å². The van der Waals surface area contributed by atoms with Gasteiger partial charge in [-0.1, -0.05) is 64.6 Å². The maximum atomic E-state index is 14.7. The molecule has 2 fully saturated rings. The fourth-order valence-corrected chi connectivity index (χ4v) is 9.77. The highest BCUT2D eigenvalue weighted by molar-refractivity contribution is 5.97. The third kappa shape index (κ3) is 9.73. The van der Waals surface area contributed by atoms with Crippen molar-refractivity contribution in [1.82, 2.24) is 35.1 Å². The molecule has 2 aromatic carbocycles. The number of benzene rings is 2. The number of cyclic esters (lactones) is 1. The van der Waals surface area contributed by atoms with E-state index in [-0.39, 0.29) is 32.5 Å². The first-order valence-electron chi connectivity index (χ1n) is 22.6. The predicted octanol–water partition coefficient (Wildman–Crippen LogP) is 4.82. The molecule has 2 saturated heterocycles. The first-order valence-corrected chi connectivity index (χ1v) is 22.6. The van der Waals surface area contributed by atoms with Gasteiger partial charge in [0.1, 0.15) is 18.1 Å². The smallest absolute Gasteiger partial charge is 0.324 e. The molecule has 3 aliphatic heterocycles. The van der Waals surface area contributed by atoms with Gasteiger partial charge in [0.25, 0.3) is 11.8 Å². The normalized spacial score (nSPS) is 21.7. The van der Waals surface area contributed by atoms with E-state index in [1.54, 1.807) is 27.2 Å². The zero-order valence-corrected chi connectivity index (χ0v) is 38.7. The Morgan fingerprint density at radius 3 is 2.62 bits per heavy atom. The molecular formula is C50H63N7O8. The Balaban J connectivity index is 1.29. The Morgan fingerprint density at radius 1 is 1.12 bits per heavy atom. The molecule has 2 aromatic heterocycles. The van der Waals surface area contributed by atoms with E-state index in [1.165, 1.54) is 21.9 Å². The van der Waals surface area contributed by atoms with E-state index in [0.717, 1.165) is 56.1 Å². The van der Waals surface area contributed by atoms with Crippen LogP contribution in [0.2, 0.25) is 0 Å². The maximum Gasteiger partial charge on any atom is 0.324 e. The number of rotatable bonds is 10. The second-order valence-corrected chi connectivity index (χ2v) is 18.8. The number of ether oxygens (including phenoxy) is 2. The lowest BCUT2D eigenvalue weighted by atomic mass is 9.84. The number of hydrazine groups is 1. The summed E-state index contributed by atoms with van der Waals surface area (Å²) in [7, 11) is 3.14. The van der Waals surface area contributed by atoms with Crippen LogP contribution in [0.5, 0.6) is 0 Å². The number of aliphatic hydroxyl groups is 1. The van der Waals surface area contributed by atoms with Crippen LogP contribution in [0.1, 0.15) is 70.6 Å². The topological polar surface area (TPSA) is 176 Å². The number of methoxy groups -OCH3 is 1. The van der Waals surface area contributed by atoms with Crippen molar-refractivity contribution in [2.24, 2.45) is 11.3 Å². The Morgan fingerprint density at radius 2 is 1.89 bits per heavy atom. The van der Waals surface area contributed by atoms with E-state index >= 15 is 0 Å². The van der Waals surface area contributed by atoms with Crippen molar-refractivity contribution >= 4 is 40.5 Å². The molecule has 0 spiro atoms. The fourth-order valence-electron chi connectivity index (χ4n) is 9.77. The summed E-state index contributed by atoms with van der Waals surface area (Å²) in [5.41, 5.74) is 8.55. The number of hydrogen-bond acceptors (Lipinski definition) is 10. The molecule has 0 saturated carbocycles. The van der Waals surface area contributed by atoms with Crippen LogP contribution >= 0.6 is 0 Å². The van der Waals surface area contributed by atoms with Gasteiger partial charge >= 0.3 is 5.97 Å². The van der Waals surface area contributed by atoms with E-state index in [0.29, 0.717) is 39.0 Å². The summed E-state index contributed by atoms with van der Waals surface area (Å²) in [5, 5.41) is 16.9. The highest BCUT2D eigenvalue weighted by atomic mass is 16.5. The molecule has 15 heteroatoms. The lowest BCUT2D eigenvalue weighted by Crippen LogP contribution is -2.63. The molecule has 4 aromatic rings. The molecule has 0 aliphatic carbocycles. The van der Waals surface area contributed by atoms with Crippen molar-refractivity contribution in [3.8, 4) is 22.4 Å². The number of hydrogen-bond donors (Lipinski definition) is 3. The first kappa shape index (κ1) is 47.1. The molecule has 346 valence electrons. The monoisotopic (exact) mass is 889 g/mol. The number of fused-ring (bicyclic) bond motifs is 6. The van der Waals surface area contributed by atoms with Crippen molar-refractivity contribution < 1.29 is 38.6 Å². The molecule has 0 radical (unpaired) electrons. The van der Waals surface area contributed by atoms with Crippen LogP contribution in [0, 0.1) is 11.3 Å². The molecule has 65 heavy (non-hydrogen) atoms. The van der Waals surface area contributed by atoms with Gasteiger partial charge in [0, 0.05) is 80.9 Å². The van der Waals surface area contributed by atoms with E-state index in [2.05, 4.69) is 65.8 Å². The maximum absolute atomic E-state index is 14.7. The van der Waals surface area contributed by atoms with Gasteiger partial charge in [0.2, 0.25) is 11.8 Å². The van der Waals surface area contributed by atoms with Gasteiger partial charge in [-0.25, -0.2) is 5.43 Å². The minimum atomic E-state index is -1.90. The van der Waals surface area contributed by atoms with Crippen molar-refractivity contribution in [1.29, 1.82) is 0 Å². The van der Waals surface area contributed by atoms with Crippen LogP contribution in [0.4, 0.5) is 0 Å². The van der Waals surface area contributed by atoms with Gasteiger partial charge in [0.15, 0.2) is 5.60 Å². The number of nitrogens with one attached hydrogen (secondary N) is 2. The van der Waals surface area contributed by atoms with Crippen LogP contribution in [0.15, 0.2) is 73.6 Å². The van der Waals surface area contributed by atoms with Crippen molar-refractivity contribution in [3.05, 3.63) is 90.3 Å². The van der Waals surface area contributed by atoms with Crippen LogP contribution in [-0.4, -0.2) is 123 Å². The summed E-state index contributed by atoms with van der Waals surface area (Å²) >= 11 is 0. The summed E-state index contributed by atoms with van der Waals surface area (Å²) < 4.78 is 14.0. The number of nitrogens with zero attached hydrogens (tertiary/aromatic N) is 5. The predicted molar refractivity (Wildman–Crippen MR) is 247 cm³/mol. The number of carbonyl (C=O) groups excluding carboxylic acids is 5. The molecular weight excluding hydrogens is 827 g/mol. The second-order valence-electron chi connectivity index (χ2n) is 18.8. The molecule has 3 aliphatic rings. The van der Waals surface area contributed by atoms with E-state index in [9.17, 15) is 29.1 Å². The quantitative estimate of drug-likeness (QED) is 0.148. The summed E-state index contributed by atoms with van der Waals surface area (Å²) in [6.45, 7) is 14.8. The Kier molecular flexibility index (Phi) is 14.0. The number of likely N-dealkylation sites (tertiary alicyclic amines) is 1. The number of aryl methyl sites for hydroxylation is 1. The zero-order valence-electron chi connectivity index (χ0n) is 38.7. The van der Waals surface area contributed by atoms with Gasteiger partial charge < -0.3 is 34.3 Å². The van der Waals surface area contributed by atoms with Crippen molar-refractivity contribution in [3.63, 3.8) is 0 Å². The Bertz CT molecular complexity index is 2480. The van der Waals surface area contributed by atoms with Crippen LogP contribution < -0.4 is 10.7 Å². The second kappa shape index (κ2) is 19.3. The molecule has 15 nitrogen and oxygen atoms in total. The molecule has 4 atom stereocenters. The number of amides is 4. The average Bonchev–Trinajstić information content (AvgIpc) is 3.84. The van der Waals surface area contributed by atoms with Gasteiger partial charge in [-0.2, -0.15) is 0 Å². The Labute approximate surface area is 381 Å². The summed E-state index contributed by atoms with van der Waals surface area (Å²) in [4.78, 5) is 76.5. The number of pyridine rings is 1. The number of esters is 1. The standard InChI is InChI=1S/C50H63N7O8/c1-9-42(58)55-22-19-50(63,29-55)48(62)54(7)43(31(3)4)45(59)52-40-24-32-13-11-14-33(23-32)34-16-17-41-36(25-34)37(44(56(41)10-2)38-27-51-20-18-35(38)28-64-8)26-49(5,6)30-65-47(61)39-15-12-21-57(53-39)46(40)60/h9,11,13-14,16-18,20,23,25,27,31,39-40,43,53,63H,1,10,12,15,19,21-22,24,26,28-30H2,2-8H3,(H,52,59)/t39-,40-,43-,50+/m0/s1. The first-order chi connectivity index (χ1) is 31.0. The van der Waals surface area contributed by atoms with Crippen LogP contribution in [0.3, 0.4) is 0 Å². The number of carbonyl (C=O) groups is 5. The van der Waals surface area contributed by atoms with E-state index in [1.807, 2.05) is 36.5 Å². The van der Waals surface area contributed by atoms with Crippen LogP contribution in [-0.2, 0) is 59.4 Å². The van der Waals surface area contributed by atoms with Crippen LogP contribution in [0.25, 0.3) is 33.3 Å². The summed E-state index contributed by atoms with van der Waals surface area (Å²) in [6, 6.07) is 13.3. The summed E-state index contributed by atoms with van der Waals surface area (Å²) in [5.74, 6) is -3.04. The summed E-state index contributed by atoms with van der Waals surface area (Å²) in [6.07, 6.45) is 6.45. The average molecular weight is 890 g/mol. The number of β-amino-alcohol motifs (C(OH)–C–C–N with tert-alkyl or cyclic N) is 1. The number of aromatic nitrogens is 2. The zero-order chi connectivity index (χ0) is 46.8. The molecule has 7 rings (SSSR count). The molecule has 4 amide bonds. The third-order valence-corrected chi connectivity index (χ3v) is 13.0. The van der Waals surface area contributed by atoms with Crippen molar-refractivity contribution in [2.45, 2.75) is 104 Å². The molecule has 6 bridgehead atoms. The minimum Gasteiger partial charge on any atom is -0.464 e. The third-order valence-electron chi connectivity index (χ3n) is 13.0. The fraction of sp³-hybridized carbons (Fsp3) is 0.480. The molecule has 3 N–H and O–H groups in total. The lowest BCUT2D eigenvalue weighted by Gasteiger charge is -2.37. The number of likely N-dealkylation sites (N-methyl/N-ethyl adjacent to an activating group) is 1. The van der Waals surface area contributed by atoms with Gasteiger partial charge in [-0.3, -0.25) is 34.0 Å². The lowest BCUT2D eigenvalue weighted by molar-refractivity contribution is -0.156. The van der Waals surface area contributed by atoms with E-state index < -0.39 is 64.7 Å². The van der Waals surface area contributed by atoms with Gasteiger partial charge in [0.05, 0.1) is 25.5 Å². The SMILES string of the molecule is C=CC(=O)N1CC[C@](O)(C(=O)N(C)[C@H](C(=O)N[C@H]2Cc3cccc(c3)-c3ccc4c(c3)c(c(-c3cnccc3COC)n4CC)CC(C)(C)COC(=O)[C@@H]3CCCN(N3)C2=O)C(C)C)C1. The largest absolute Gasteiger partial charge is 0.464 e.